The van der Waals surface area contributed by atoms with E-state index in [-0.39, 0.29) is 28.9 Å². The van der Waals surface area contributed by atoms with Crippen LogP contribution in [0.2, 0.25) is 0 Å². The Balaban J connectivity index is 1.54. The highest BCUT2D eigenvalue weighted by Gasteiger charge is 2.26. The number of likely N-dealkylation sites (tertiary alicyclic amines) is 1. The Morgan fingerprint density at radius 1 is 0.933 bits per heavy atom. The first kappa shape index (κ1) is 22.3. The third kappa shape index (κ3) is 5.81. The molecule has 3 rings (SSSR count). The van der Waals surface area contributed by atoms with Crippen LogP contribution in [-0.4, -0.2) is 86.0 Å². The zero-order valence-electron chi connectivity index (χ0n) is 17.3. The van der Waals surface area contributed by atoms with Gasteiger partial charge >= 0.3 is 6.61 Å². The predicted octanol–water partition coefficient (Wildman–Crippen LogP) is 2.46. The Morgan fingerprint density at radius 3 is 2.20 bits per heavy atom. The average molecular weight is 425 g/mol. The summed E-state index contributed by atoms with van der Waals surface area (Å²) in [7, 11) is 1.35. The van der Waals surface area contributed by atoms with Crippen LogP contribution in [0.25, 0.3) is 0 Å². The van der Waals surface area contributed by atoms with Crippen LogP contribution in [0.3, 0.4) is 0 Å². The van der Waals surface area contributed by atoms with Crippen LogP contribution < -0.4 is 9.47 Å². The quantitative estimate of drug-likeness (QED) is 0.701. The van der Waals surface area contributed by atoms with Gasteiger partial charge in [-0.1, -0.05) is 12.8 Å². The number of methoxy groups -OCH3 is 1. The zero-order chi connectivity index (χ0) is 21.5. The fraction of sp³-hybridized carbons (Fsp3) is 0.619. The lowest BCUT2D eigenvalue weighted by atomic mass is 10.1. The maximum absolute atomic E-state index is 12.8. The molecule has 2 saturated heterocycles. The minimum Gasteiger partial charge on any atom is -0.493 e. The fourth-order valence-corrected chi connectivity index (χ4v) is 3.90. The Labute approximate surface area is 175 Å². The number of rotatable bonds is 6. The third-order valence-corrected chi connectivity index (χ3v) is 5.60. The van der Waals surface area contributed by atoms with Gasteiger partial charge in [0.2, 0.25) is 5.91 Å². The van der Waals surface area contributed by atoms with Crippen molar-refractivity contribution in [3.63, 3.8) is 0 Å². The highest BCUT2D eigenvalue weighted by Crippen LogP contribution is 2.30. The number of hydrogen-bond donors (Lipinski definition) is 0. The van der Waals surface area contributed by atoms with Crippen LogP contribution in [0.4, 0.5) is 8.78 Å². The van der Waals surface area contributed by atoms with Crippen LogP contribution in [0.1, 0.15) is 36.0 Å². The Morgan fingerprint density at radius 2 is 1.60 bits per heavy atom. The SMILES string of the molecule is COc1ccc(C(=O)N2CCN(CC(=O)N3CCCCCC3)CC2)cc1OC(F)F. The van der Waals surface area contributed by atoms with Crippen molar-refractivity contribution < 1.29 is 27.8 Å². The Kier molecular flexibility index (Phi) is 7.84. The first-order valence-electron chi connectivity index (χ1n) is 10.4. The molecule has 7 nitrogen and oxygen atoms in total. The molecule has 1 aromatic rings. The van der Waals surface area contributed by atoms with Gasteiger partial charge in [-0.15, -0.1) is 0 Å². The van der Waals surface area contributed by atoms with Crippen molar-refractivity contribution in [2.45, 2.75) is 32.3 Å². The molecular weight excluding hydrogens is 396 g/mol. The first-order chi connectivity index (χ1) is 14.5. The Bertz CT molecular complexity index is 731. The third-order valence-electron chi connectivity index (χ3n) is 5.60. The van der Waals surface area contributed by atoms with Crippen LogP contribution >= 0.6 is 0 Å². The van der Waals surface area contributed by atoms with E-state index in [1.165, 1.54) is 38.2 Å². The standard InChI is InChI=1S/C21H29F2N3O4/c1-29-17-7-6-16(14-18(17)30-21(22)23)20(28)26-12-10-24(11-13-26)15-19(27)25-8-4-2-3-5-9-25/h6-7,14,21H,2-5,8-13,15H2,1H3. The van der Waals surface area contributed by atoms with Gasteiger partial charge in [0.15, 0.2) is 11.5 Å². The van der Waals surface area contributed by atoms with Crippen molar-refractivity contribution in [2.24, 2.45) is 0 Å². The number of amides is 2. The summed E-state index contributed by atoms with van der Waals surface area (Å²) in [6, 6.07) is 4.26. The second kappa shape index (κ2) is 10.6. The van der Waals surface area contributed by atoms with E-state index in [0.717, 1.165) is 25.9 Å². The van der Waals surface area contributed by atoms with Gasteiger partial charge in [-0.3, -0.25) is 14.5 Å². The summed E-state index contributed by atoms with van der Waals surface area (Å²) < 4.78 is 34.7. The van der Waals surface area contributed by atoms with Gasteiger partial charge in [0, 0.05) is 44.8 Å². The van der Waals surface area contributed by atoms with Crippen LogP contribution in [0.5, 0.6) is 11.5 Å². The summed E-state index contributed by atoms with van der Waals surface area (Å²) in [5.41, 5.74) is 0.264. The molecule has 0 spiro atoms. The number of carbonyl (C=O) groups excluding carboxylic acids is 2. The smallest absolute Gasteiger partial charge is 0.387 e. The van der Waals surface area contributed by atoms with Crippen LogP contribution in [-0.2, 0) is 4.79 Å². The molecule has 0 aliphatic carbocycles. The molecule has 0 aromatic heterocycles. The second-order valence-corrected chi connectivity index (χ2v) is 7.61. The van der Waals surface area contributed by atoms with Gasteiger partial charge in [-0.2, -0.15) is 8.78 Å². The molecule has 1 aromatic carbocycles. The number of benzene rings is 1. The molecule has 0 bridgehead atoms. The molecule has 0 radical (unpaired) electrons. The number of hydrogen-bond acceptors (Lipinski definition) is 5. The van der Waals surface area contributed by atoms with Crippen molar-refractivity contribution in [1.29, 1.82) is 0 Å². The van der Waals surface area contributed by atoms with Gasteiger partial charge in [-0.05, 0) is 31.0 Å². The molecule has 166 valence electrons. The summed E-state index contributed by atoms with van der Waals surface area (Å²) >= 11 is 0. The van der Waals surface area contributed by atoms with Gasteiger partial charge in [0.1, 0.15) is 0 Å². The van der Waals surface area contributed by atoms with Crippen molar-refractivity contribution in [3.05, 3.63) is 23.8 Å². The number of nitrogens with zero attached hydrogens (tertiary/aromatic N) is 3. The number of halogens is 2. The zero-order valence-corrected chi connectivity index (χ0v) is 17.3. The summed E-state index contributed by atoms with van der Waals surface area (Å²) in [4.78, 5) is 31.0. The first-order valence-corrected chi connectivity index (χ1v) is 10.4. The van der Waals surface area contributed by atoms with Gasteiger partial charge in [-0.25, -0.2) is 0 Å². The molecule has 2 aliphatic rings. The highest BCUT2D eigenvalue weighted by molar-refractivity contribution is 5.95. The maximum atomic E-state index is 12.8. The number of carbonyl (C=O) groups is 2. The summed E-state index contributed by atoms with van der Waals surface area (Å²) in [5.74, 6) is -0.125. The molecule has 2 aliphatic heterocycles. The highest BCUT2D eigenvalue weighted by atomic mass is 19.3. The van der Waals surface area contributed by atoms with E-state index >= 15 is 0 Å². The second-order valence-electron chi connectivity index (χ2n) is 7.61. The minimum absolute atomic E-state index is 0.142. The maximum Gasteiger partial charge on any atom is 0.387 e. The van der Waals surface area contributed by atoms with Crippen LogP contribution in [0, 0.1) is 0 Å². The van der Waals surface area contributed by atoms with E-state index in [0.29, 0.717) is 32.7 Å². The molecule has 2 fully saturated rings. The predicted molar refractivity (Wildman–Crippen MR) is 107 cm³/mol. The lowest BCUT2D eigenvalue weighted by Crippen LogP contribution is -2.51. The molecular formula is C21H29F2N3O4. The van der Waals surface area contributed by atoms with Gasteiger partial charge in [0.05, 0.1) is 13.7 Å². The molecule has 0 atom stereocenters. The number of piperazine rings is 1. The van der Waals surface area contributed by atoms with E-state index in [2.05, 4.69) is 9.64 Å². The van der Waals surface area contributed by atoms with E-state index in [1.807, 2.05) is 4.90 Å². The van der Waals surface area contributed by atoms with Gasteiger partial charge in [0.25, 0.3) is 5.91 Å². The van der Waals surface area contributed by atoms with E-state index in [1.54, 1.807) is 4.90 Å². The molecule has 9 heteroatoms. The molecule has 0 saturated carbocycles. The number of alkyl halides is 2. The molecule has 30 heavy (non-hydrogen) atoms. The van der Waals surface area contributed by atoms with E-state index in [9.17, 15) is 18.4 Å². The van der Waals surface area contributed by atoms with E-state index in [4.69, 9.17) is 4.74 Å². The lowest BCUT2D eigenvalue weighted by molar-refractivity contribution is -0.132. The van der Waals surface area contributed by atoms with E-state index < -0.39 is 6.61 Å². The van der Waals surface area contributed by atoms with Crippen molar-refractivity contribution in [1.82, 2.24) is 14.7 Å². The Hall–Kier alpha value is -2.42. The molecule has 2 heterocycles. The lowest BCUT2D eigenvalue weighted by Gasteiger charge is -2.35. The molecule has 2 amide bonds. The molecule has 0 N–H and O–H groups in total. The van der Waals surface area contributed by atoms with Crippen molar-refractivity contribution in [2.75, 3.05) is 52.9 Å². The minimum atomic E-state index is -3.01. The van der Waals surface area contributed by atoms with Crippen LogP contribution in [0.15, 0.2) is 18.2 Å². The summed E-state index contributed by atoms with van der Waals surface area (Å²) in [5, 5.41) is 0. The fourth-order valence-electron chi connectivity index (χ4n) is 3.90. The van der Waals surface area contributed by atoms with Gasteiger partial charge < -0.3 is 19.3 Å². The number of ether oxygens (including phenoxy) is 2. The molecule has 0 unspecified atom stereocenters. The normalized spacial score (nSPS) is 18.3. The monoisotopic (exact) mass is 425 g/mol. The topological polar surface area (TPSA) is 62.3 Å². The van der Waals surface area contributed by atoms with Crippen molar-refractivity contribution >= 4 is 11.8 Å². The van der Waals surface area contributed by atoms with Crippen molar-refractivity contribution in [3.8, 4) is 11.5 Å². The summed E-state index contributed by atoms with van der Waals surface area (Å²) in [6.45, 7) is 1.18. The summed E-state index contributed by atoms with van der Waals surface area (Å²) in [6.07, 6.45) is 4.49. The largest absolute Gasteiger partial charge is 0.493 e. The average Bonchev–Trinajstić information content (AvgIpc) is 3.03.